The molecule has 0 unspecified atom stereocenters. The van der Waals surface area contributed by atoms with Crippen molar-refractivity contribution in [2.24, 2.45) is 5.92 Å². The molecule has 29 heavy (non-hydrogen) atoms. The summed E-state index contributed by atoms with van der Waals surface area (Å²) < 4.78 is 6.26. The smallest absolute Gasteiger partial charge is 0.222 e. The third-order valence-electron chi connectivity index (χ3n) is 6.25. The first-order valence-electron chi connectivity index (χ1n) is 11.0. The van der Waals surface area contributed by atoms with Crippen molar-refractivity contribution >= 4 is 5.91 Å². The molecular weight excluding hydrogens is 366 g/mol. The Morgan fingerprint density at radius 3 is 2.86 bits per heavy atom. The van der Waals surface area contributed by atoms with Crippen LogP contribution in [0.25, 0.3) is 0 Å². The summed E-state index contributed by atoms with van der Waals surface area (Å²) >= 11 is 0. The van der Waals surface area contributed by atoms with Gasteiger partial charge in [-0.3, -0.25) is 4.79 Å². The highest BCUT2D eigenvalue weighted by Gasteiger charge is 2.48. The lowest BCUT2D eigenvalue weighted by Crippen LogP contribution is -2.21. The van der Waals surface area contributed by atoms with E-state index >= 15 is 0 Å². The van der Waals surface area contributed by atoms with Crippen LogP contribution in [0.3, 0.4) is 0 Å². The van der Waals surface area contributed by atoms with Crippen LogP contribution in [-0.2, 0) is 11.2 Å². The molecule has 1 aromatic carbocycles. The minimum absolute atomic E-state index is 0.0439. The Labute approximate surface area is 174 Å². The van der Waals surface area contributed by atoms with Crippen LogP contribution < -0.4 is 4.74 Å². The molecule has 2 aliphatic rings. The predicted octanol–water partition coefficient (Wildman–Crippen LogP) is 3.43. The molecule has 0 spiro atoms. The number of carbonyl (C=O) groups is 1. The van der Waals surface area contributed by atoms with Crippen molar-refractivity contribution in [1.82, 2.24) is 4.90 Å². The van der Waals surface area contributed by atoms with E-state index in [2.05, 4.69) is 13.0 Å². The largest absolute Gasteiger partial charge is 0.489 e. The lowest BCUT2D eigenvalue weighted by molar-refractivity contribution is -0.128. The molecule has 1 aromatic rings. The number of aryl methyl sites for hydroxylation is 1. The minimum atomic E-state index is -0.462. The van der Waals surface area contributed by atoms with Crippen molar-refractivity contribution in [3.8, 4) is 5.75 Å². The van der Waals surface area contributed by atoms with E-state index < -0.39 is 12.2 Å². The van der Waals surface area contributed by atoms with Crippen LogP contribution in [0.2, 0.25) is 0 Å². The van der Waals surface area contributed by atoms with Crippen LogP contribution in [-0.4, -0.2) is 53.4 Å². The summed E-state index contributed by atoms with van der Waals surface area (Å²) in [5.74, 6) is 1.04. The summed E-state index contributed by atoms with van der Waals surface area (Å²) in [6.45, 7) is 2.15. The fourth-order valence-electron chi connectivity index (χ4n) is 4.59. The molecule has 160 valence electrons. The number of hydrogen-bond acceptors (Lipinski definition) is 4. The molecule has 1 heterocycles. The number of amides is 1. The van der Waals surface area contributed by atoms with Gasteiger partial charge in [0.1, 0.15) is 11.9 Å². The van der Waals surface area contributed by atoms with Gasteiger partial charge < -0.3 is 19.8 Å². The third-order valence-corrected chi connectivity index (χ3v) is 6.25. The summed E-state index contributed by atoms with van der Waals surface area (Å²) in [5, 5.41) is 20.8. The van der Waals surface area contributed by atoms with Crippen molar-refractivity contribution in [2.75, 3.05) is 14.1 Å². The van der Waals surface area contributed by atoms with E-state index in [1.54, 1.807) is 19.0 Å². The highest BCUT2D eigenvalue weighted by Crippen LogP contribution is 2.52. The SMILES string of the molecule is CCCCC[C@H](O)/C=C/[C@@H]1[C@H]2c3cccc(CCC(=O)N(C)C)c3O[C@H]2C[C@H]1O. The molecule has 0 aromatic heterocycles. The Balaban J connectivity index is 1.72. The zero-order valence-electron chi connectivity index (χ0n) is 17.9. The number of aliphatic hydroxyl groups is 2. The number of carbonyl (C=O) groups excluding carboxylic acids is 1. The molecule has 2 N–H and O–H groups in total. The number of fused-ring (bicyclic) bond motifs is 3. The Hall–Kier alpha value is -1.85. The molecule has 3 rings (SSSR count). The molecule has 1 aliphatic heterocycles. The number of benzene rings is 1. The molecule has 0 bridgehead atoms. The standard InChI is InChI=1S/C24H35NO4/c1-4-5-6-9-17(26)12-13-18-20(27)15-21-23(18)19-10-7-8-16(24(19)29-21)11-14-22(28)25(2)3/h7-8,10,12-13,17-18,20-21,23,26-27H,4-6,9,11,14-15H2,1-3H3/b13-12+/t17-,18-,20+,21-,23-/m0/s1. The van der Waals surface area contributed by atoms with E-state index in [1.165, 1.54) is 0 Å². The predicted molar refractivity (Wildman–Crippen MR) is 114 cm³/mol. The Bertz CT molecular complexity index is 730. The number of nitrogens with zero attached hydrogens (tertiary/aromatic N) is 1. The first kappa shape index (κ1) is 21.8. The average Bonchev–Trinajstić information content (AvgIpc) is 3.19. The maximum Gasteiger partial charge on any atom is 0.222 e. The van der Waals surface area contributed by atoms with Gasteiger partial charge >= 0.3 is 0 Å². The molecule has 0 radical (unpaired) electrons. The van der Waals surface area contributed by atoms with E-state index in [4.69, 9.17) is 4.74 Å². The van der Waals surface area contributed by atoms with Crippen LogP contribution in [0.15, 0.2) is 30.4 Å². The first-order valence-corrected chi connectivity index (χ1v) is 11.0. The molecule has 5 heteroatoms. The van der Waals surface area contributed by atoms with E-state index in [0.717, 1.165) is 42.6 Å². The summed E-state index contributed by atoms with van der Waals surface area (Å²) in [6, 6.07) is 6.13. The summed E-state index contributed by atoms with van der Waals surface area (Å²) in [6.07, 6.45) is 8.62. The van der Waals surface area contributed by atoms with Gasteiger partial charge in [0, 0.05) is 44.3 Å². The number of aliphatic hydroxyl groups excluding tert-OH is 2. The van der Waals surface area contributed by atoms with Gasteiger partial charge in [0.2, 0.25) is 5.91 Å². The van der Waals surface area contributed by atoms with Crippen molar-refractivity contribution in [1.29, 1.82) is 0 Å². The van der Waals surface area contributed by atoms with E-state index in [1.807, 2.05) is 24.3 Å². The van der Waals surface area contributed by atoms with E-state index in [0.29, 0.717) is 19.3 Å². The number of unbranched alkanes of at least 4 members (excludes halogenated alkanes) is 2. The van der Waals surface area contributed by atoms with Crippen molar-refractivity contribution in [2.45, 2.75) is 76.1 Å². The lowest BCUT2D eigenvalue weighted by Gasteiger charge is -2.18. The third kappa shape index (κ3) is 5.01. The first-order chi connectivity index (χ1) is 13.9. The summed E-state index contributed by atoms with van der Waals surface area (Å²) in [5.41, 5.74) is 2.18. The maximum absolute atomic E-state index is 12.0. The van der Waals surface area contributed by atoms with Crippen LogP contribution in [0.4, 0.5) is 0 Å². The van der Waals surface area contributed by atoms with Gasteiger partial charge in [0.15, 0.2) is 0 Å². The molecule has 5 nitrogen and oxygen atoms in total. The topological polar surface area (TPSA) is 70.0 Å². The van der Waals surface area contributed by atoms with Crippen LogP contribution >= 0.6 is 0 Å². The van der Waals surface area contributed by atoms with Gasteiger partial charge in [-0.2, -0.15) is 0 Å². The lowest BCUT2D eigenvalue weighted by atomic mass is 9.86. The monoisotopic (exact) mass is 401 g/mol. The summed E-state index contributed by atoms with van der Waals surface area (Å²) in [7, 11) is 3.54. The van der Waals surface area contributed by atoms with Crippen LogP contribution in [0, 0.1) is 5.92 Å². The Kier molecular flexibility index (Phi) is 7.36. The van der Waals surface area contributed by atoms with Gasteiger partial charge in [-0.25, -0.2) is 0 Å². The highest BCUT2D eigenvalue weighted by atomic mass is 16.5. The quantitative estimate of drug-likeness (QED) is 0.491. The van der Waals surface area contributed by atoms with Crippen molar-refractivity contribution < 1.29 is 19.7 Å². The van der Waals surface area contributed by atoms with Crippen molar-refractivity contribution in [3.63, 3.8) is 0 Å². The van der Waals surface area contributed by atoms with Gasteiger partial charge in [0.25, 0.3) is 0 Å². The van der Waals surface area contributed by atoms with E-state index in [-0.39, 0.29) is 23.8 Å². The number of ether oxygens (including phenoxy) is 1. The number of rotatable bonds is 9. The number of hydrogen-bond donors (Lipinski definition) is 2. The van der Waals surface area contributed by atoms with Crippen LogP contribution in [0.5, 0.6) is 5.75 Å². The normalized spacial score (nSPS) is 26.2. The molecule has 1 amide bonds. The molecule has 1 fully saturated rings. The zero-order valence-corrected chi connectivity index (χ0v) is 17.9. The van der Waals surface area contributed by atoms with Gasteiger partial charge in [-0.05, 0) is 18.4 Å². The molecule has 1 aliphatic carbocycles. The second-order valence-electron chi connectivity index (χ2n) is 8.63. The van der Waals surface area contributed by atoms with Gasteiger partial charge in [0.05, 0.1) is 12.2 Å². The number of para-hydroxylation sites is 1. The minimum Gasteiger partial charge on any atom is -0.489 e. The van der Waals surface area contributed by atoms with Gasteiger partial charge in [-0.15, -0.1) is 0 Å². The molecule has 1 saturated carbocycles. The molecule has 0 saturated heterocycles. The molecular formula is C24H35NO4. The fourth-order valence-corrected chi connectivity index (χ4v) is 4.59. The Morgan fingerprint density at radius 1 is 1.34 bits per heavy atom. The fraction of sp³-hybridized carbons (Fsp3) is 0.625. The summed E-state index contributed by atoms with van der Waals surface area (Å²) in [4.78, 5) is 13.6. The van der Waals surface area contributed by atoms with Crippen molar-refractivity contribution in [3.05, 3.63) is 41.5 Å². The zero-order chi connectivity index (χ0) is 21.0. The second kappa shape index (κ2) is 9.77. The van der Waals surface area contributed by atoms with Gasteiger partial charge in [-0.1, -0.05) is 56.5 Å². The van der Waals surface area contributed by atoms with Crippen LogP contribution in [0.1, 0.15) is 62.5 Å². The highest BCUT2D eigenvalue weighted by molar-refractivity contribution is 5.76. The second-order valence-corrected chi connectivity index (χ2v) is 8.63. The Morgan fingerprint density at radius 2 is 2.14 bits per heavy atom. The van der Waals surface area contributed by atoms with E-state index in [9.17, 15) is 15.0 Å². The maximum atomic E-state index is 12.0. The average molecular weight is 402 g/mol. The molecule has 5 atom stereocenters.